The van der Waals surface area contributed by atoms with Gasteiger partial charge in [0.1, 0.15) is 18.5 Å². The van der Waals surface area contributed by atoms with Crippen LogP contribution in [0.2, 0.25) is 0 Å². The number of aromatic nitrogens is 2. The molecule has 1 atom stereocenters. The molecule has 46 heavy (non-hydrogen) atoms. The van der Waals surface area contributed by atoms with Crippen molar-refractivity contribution in [3.05, 3.63) is 89.9 Å². The van der Waals surface area contributed by atoms with E-state index in [-0.39, 0.29) is 24.0 Å². The lowest BCUT2D eigenvalue weighted by Gasteiger charge is -2.35. The van der Waals surface area contributed by atoms with Gasteiger partial charge in [-0.25, -0.2) is 14.6 Å². The molecule has 0 aliphatic carbocycles. The number of hydrogen-bond acceptors (Lipinski definition) is 9. The first-order valence-corrected chi connectivity index (χ1v) is 15.0. The zero-order valence-electron chi connectivity index (χ0n) is 25.9. The van der Waals surface area contributed by atoms with Gasteiger partial charge in [0.25, 0.3) is 5.91 Å². The number of benzene rings is 2. The number of nitrogens with one attached hydrogen (secondary N) is 3. The number of carbonyl (C=O) groups is 4. The molecule has 2 aromatic heterocycles. The molecule has 3 N–H and O–H groups in total. The Balaban J connectivity index is 1.37. The summed E-state index contributed by atoms with van der Waals surface area (Å²) in [6, 6.07) is 17.3. The fourth-order valence-electron chi connectivity index (χ4n) is 5.12. The van der Waals surface area contributed by atoms with Gasteiger partial charge in [-0.05, 0) is 57.4 Å². The summed E-state index contributed by atoms with van der Waals surface area (Å²) in [4.78, 5) is 61.3. The van der Waals surface area contributed by atoms with Crippen LogP contribution in [-0.2, 0) is 16.1 Å². The fraction of sp³-hybridized carbons (Fsp3) is 0.294. The number of anilines is 3. The number of alkyl carbamates (subject to hydrolysis) is 1. The number of amides is 3. The predicted octanol–water partition coefficient (Wildman–Crippen LogP) is 5.94. The molecule has 1 fully saturated rings. The quantitative estimate of drug-likeness (QED) is 0.202. The average Bonchev–Trinajstić information content (AvgIpc) is 3.03. The van der Waals surface area contributed by atoms with Crippen LogP contribution in [0, 0.1) is 0 Å². The Kier molecular flexibility index (Phi) is 9.75. The standard InChI is InChI=1S/C34H36N6O6/c1-34(2,3)46-33(44)36-25-10-7-15-40(19-25)29-13-14-35-18-28(29)38-31(42)30-27(17-24-12-11-23(20-41)16-26(24)37-30)39-32(43)45-21-22-8-5-4-6-9-22/h4-6,8-9,11-14,16-18,20,25H,7,10,15,19,21H2,1-3H3,(H,36,44)(H,38,42)(H,39,43). The third-order valence-corrected chi connectivity index (χ3v) is 7.17. The van der Waals surface area contributed by atoms with Gasteiger partial charge in [0.2, 0.25) is 0 Å². The molecule has 3 amide bonds. The Hall–Kier alpha value is -5.52. The number of pyridine rings is 2. The molecule has 0 spiro atoms. The first-order valence-electron chi connectivity index (χ1n) is 15.0. The summed E-state index contributed by atoms with van der Waals surface area (Å²) in [6.45, 7) is 6.66. The van der Waals surface area contributed by atoms with Gasteiger partial charge >= 0.3 is 12.2 Å². The first kappa shape index (κ1) is 31.9. The normalized spacial score (nSPS) is 14.7. The van der Waals surface area contributed by atoms with E-state index in [1.807, 2.05) is 51.1 Å². The van der Waals surface area contributed by atoms with Gasteiger partial charge in [0.05, 0.1) is 28.8 Å². The summed E-state index contributed by atoms with van der Waals surface area (Å²) in [5.74, 6) is -0.605. The maximum Gasteiger partial charge on any atom is 0.412 e. The maximum atomic E-state index is 13.8. The van der Waals surface area contributed by atoms with E-state index < -0.39 is 23.7 Å². The molecule has 0 saturated carbocycles. The van der Waals surface area contributed by atoms with E-state index in [1.54, 1.807) is 36.5 Å². The highest BCUT2D eigenvalue weighted by molar-refractivity contribution is 6.11. The molecule has 0 radical (unpaired) electrons. The van der Waals surface area contributed by atoms with Crippen LogP contribution in [0.4, 0.5) is 26.7 Å². The van der Waals surface area contributed by atoms with Crippen LogP contribution >= 0.6 is 0 Å². The van der Waals surface area contributed by atoms with E-state index in [9.17, 15) is 19.2 Å². The highest BCUT2D eigenvalue weighted by Crippen LogP contribution is 2.30. The average molecular weight is 625 g/mol. The number of rotatable bonds is 8. The second-order valence-electron chi connectivity index (χ2n) is 11.9. The molecular formula is C34H36N6O6. The minimum atomic E-state index is -0.762. The number of piperidine rings is 1. The van der Waals surface area contributed by atoms with Crippen LogP contribution in [0.3, 0.4) is 0 Å². The van der Waals surface area contributed by atoms with Gasteiger partial charge < -0.3 is 25.0 Å². The largest absolute Gasteiger partial charge is 0.444 e. The van der Waals surface area contributed by atoms with Crippen LogP contribution in [0.25, 0.3) is 10.9 Å². The minimum absolute atomic E-state index is 0.0383. The third-order valence-electron chi connectivity index (χ3n) is 7.17. The zero-order valence-corrected chi connectivity index (χ0v) is 25.9. The van der Waals surface area contributed by atoms with Crippen molar-refractivity contribution < 1.29 is 28.7 Å². The van der Waals surface area contributed by atoms with Gasteiger partial charge in [0.15, 0.2) is 5.69 Å². The van der Waals surface area contributed by atoms with Gasteiger partial charge in [-0.15, -0.1) is 0 Å². The van der Waals surface area contributed by atoms with Crippen LogP contribution < -0.4 is 20.9 Å². The molecule has 3 heterocycles. The summed E-state index contributed by atoms with van der Waals surface area (Å²) in [7, 11) is 0. The number of ether oxygens (including phenoxy) is 2. The zero-order chi connectivity index (χ0) is 32.7. The number of aldehydes is 1. The van der Waals surface area contributed by atoms with Crippen LogP contribution in [0.5, 0.6) is 0 Å². The van der Waals surface area contributed by atoms with Crippen molar-refractivity contribution in [2.24, 2.45) is 0 Å². The molecule has 12 nitrogen and oxygen atoms in total. The van der Waals surface area contributed by atoms with Gasteiger partial charge in [0, 0.05) is 36.3 Å². The molecule has 1 aliphatic rings. The second kappa shape index (κ2) is 14.1. The molecule has 1 unspecified atom stereocenters. The Morgan fingerprint density at radius 1 is 1.00 bits per heavy atom. The SMILES string of the molecule is CC(C)(C)OC(=O)NC1CCCN(c2ccncc2NC(=O)c2nc3cc(C=O)ccc3cc2NC(=O)OCc2ccccc2)C1. The molecule has 12 heteroatoms. The van der Waals surface area contributed by atoms with Crippen molar-refractivity contribution in [2.75, 3.05) is 28.6 Å². The monoisotopic (exact) mass is 624 g/mol. The van der Waals surface area contributed by atoms with Gasteiger partial charge in [-0.1, -0.05) is 42.5 Å². The molecule has 238 valence electrons. The van der Waals surface area contributed by atoms with Gasteiger partial charge in [-0.2, -0.15) is 0 Å². The van der Waals surface area contributed by atoms with Gasteiger partial charge in [-0.3, -0.25) is 19.9 Å². The molecule has 0 bridgehead atoms. The summed E-state index contributed by atoms with van der Waals surface area (Å²) >= 11 is 0. The van der Waals surface area contributed by atoms with Crippen LogP contribution in [0.1, 0.15) is 60.0 Å². The van der Waals surface area contributed by atoms with E-state index in [1.165, 1.54) is 6.20 Å². The lowest BCUT2D eigenvalue weighted by molar-refractivity contribution is 0.0499. The Labute approximate surface area is 266 Å². The Morgan fingerprint density at radius 3 is 2.57 bits per heavy atom. The molecule has 1 aliphatic heterocycles. The van der Waals surface area contributed by atoms with E-state index in [4.69, 9.17) is 9.47 Å². The maximum absolute atomic E-state index is 13.8. The molecule has 2 aromatic carbocycles. The summed E-state index contributed by atoms with van der Waals surface area (Å²) in [5.41, 5.74) is 2.17. The number of carbonyl (C=O) groups excluding carboxylic acids is 4. The van der Waals surface area contributed by atoms with Crippen molar-refractivity contribution in [3.63, 3.8) is 0 Å². The highest BCUT2D eigenvalue weighted by Gasteiger charge is 2.26. The molecule has 4 aromatic rings. The number of nitrogens with zero attached hydrogens (tertiary/aromatic N) is 3. The lowest BCUT2D eigenvalue weighted by Crippen LogP contribution is -2.49. The minimum Gasteiger partial charge on any atom is -0.444 e. The molecular weight excluding hydrogens is 588 g/mol. The smallest absolute Gasteiger partial charge is 0.412 e. The van der Waals surface area contributed by atoms with Crippen LogP contribution in [-0.4, -0.2) is 59.1 Å². The third kappa shape index (κ3) is 8.35. The van der Waals surface area contributed by atoms with E-state index >= 15 is 0 Å². The van der Waals surface area contributed by atoms with E-state index in [0.717, 1.165) is 18.4 Å². The van der Waals surface area contributed by atoms with Crippen LogP contribution in [0.15, 0.2) is 73.1 Å². The fourth-order valence-corrected chi connectivity index (χ4v) is 5.12. The summed E-state index contributed by atoms with van der Waals surface area (Å²) in [6.07, 6.45) is 4.20. The topological polar surface area (TPSA) is 152 Å². The predicted molar refractivity (Wildman–Crippen MR) is 174 cm³/mol. The number of fused-ring (bicyclic) bond motifs is 1. The number of hydrogen-bond donors (Lipinski definition) is 3. The van der Waals surface area contributed by atoms with Crippen molar-refractivity contribution in [2.45, 2.75) is 51.9 Å². The van der Waals surface area contributed by atoms with E-state index in [2.05, 4.69) is 30.8 Å². The highest BCUT2D eigenvalue weighted by atomic mass is 16.6. The summed E-state index contributed by atoms with van der Waals surface area (Å²) < 4.78 is 10.8. The molecule has 5 rings (SSSR count). The van der Waals surface area contributed by atoms with Crippen molar-refractivity contribution in [1.82, 2.24) is 15.3 Å². The van der Waals surface area contributed by atoms with Crippen molar-refractivity contribution in [3.8, 4) is 0 Å². The van der Waals surface area contributed by atoms with Crippen molar-refractivity contribution in [1.29, 1.82) is 0 Å². The second-order valence-corrected chi connectivity index (χ2v) is 11.9. The Morgan fingerprint density at radius 2 is 1.80 bits per heavy atom. The lowest BCUT2D eigenvalue weighted by atomic mass is 10.0. The van der Waals surface area contributed by atoms with Crippen molar-refractivity contribution >= 4 is 52.3 Å². The Bertz CT molecular complexity index is 1740. The summed E-state index contributed by atoms with van der Waals surface area (Å²) in [5, 5.41) is 9.10. The molecule has 1 saturated heterocycles. The first-order chi connectivity index (χ1) is 22.1. The van der Waals surface area contributed by atoms with E-state index in [0.29, 0.717) is 47.2 Å².